The molecular formula is C20H29NO. The highest BCUT2D eigenvalue weighted by Crippen LogP contribution is 2.53. The lowest BCUT2D eigenvalue weighted by Crippen LogP contribution is -2.51. The molecule has 22 heavy (non-hydrogen) atoms. The Morgan fingerprint density at radius 3 is 2.55 bits per heavy atom. The fraction of sp³-hybridized carbons (Fsp3) is 0.700. The van der Waals surface area contributed by atoms with Crippen LogP contribution in [-0.2, 0) is 11.3 Å². The maximum Gasteiger partial charge on any atom is 0.0796 e. The van der Waals surface area contributed by atoms with Gasteiger partial charge in [0.25, 0.3) is 0 Å². The monoisotopic (exact) mass is 299 g/mol. The molecule has 2 aliphatic carbocycles. The highest BCUT2D eigenvalue weighted by molar-refractivity contribution is 5.17. The Kier molecular flexibility index (Phi) is 4.00. The fourth-order valence-corrected chi connectivity index (χ4v) is 5.44. The molecule has 1 N–H and O–H groups in total. The van der Waals surface area contributed by atoms with Gasteiger partial charge in [0, 0.05) is 5.54 Å². The van der Waals surface area contributed by atoms with Crippen molar-refractivity contribution in [3.63, 3.8) is 0 Å². The first-order valence-electron chi connectivity index (χ1n) is 9.25. The summed E-state index contributed by atoms with van der Waals surface area (Å²) in [6, 6.07) is 11.1. The second kappa shape index (κ2) is 5.98. The maximum atomic E-state index is 6.08. The number of benzene rings is 1. The van der Waals surface area contributed by atoms with Crippen LogP contribution in [0.3, 0.4) is 0 Å². The van der Waals surface area contributed by atoms with Crippen LogP contribution in [0.5, 0.6) is 0 Å². The molecule has 1 aromatic rings. The van der Waals surface area contributed by atoms with E-state index in [1.165, 1.54) is 56.9 Å². The summed E-state index contributed by atoms with van der Waals surface area (Å²) < 4.78 is 0. The molecule has 1 aromatic carbocycles. The van der Waals surface area contributed by atoms with Crippen LogP contribution in [0.25, 0.3) is 0 Å². The predicted molar refractivity (Wildman–Crippen MR) is 89.3 cm³/mol. The van der Waals surface area contributed by atoms with Crippen molar-refractivity contribution in [1.29, 1.82) is 0 Å². The molecule has 0 spiro atoms. The average Bonchev–Trinajstić information content (AvgIpc) is 2.77. The Labute approximate surface area is 134 Å². The summed E-state index contributed by atoms with van der Waals surface area (Å²) in [4.78, 5) is 6.08. The smallest absolute Gasteiger partial charge is 0.0796 e. The van der Waals surface area contributed by atoms with E-state index in [9.17, 15) is 0 Å². The first kappa shape index (κ1) is 14.7. The Morgan fingerprint density at radius 2 is 1.86 bits per heavy atom. The van der Waals surface area contributed by atoms with Crippen molar-refractivity contribution in [2.24, 2.45) is 17.8 Å². The Balaban J connectivity index is 1.53. The minimum Gasteiger partial charge on any atom is -0.298 e. The second-order valence-corrected chi connectivity index (χ2v) is 7.98. The largest absolute Gasteiger partial charge is 0.298 e. The molecule has 2 nitrogen and oxygen atoms in total. The highest BCUT2D eigenvalue weighted by atomic mass is 16.7. The van der Waals surface area contributed by atoms with Gasteiger partial charge in [0.1, 0.15) is 0 Å². The van der Waals surface area contributed by atoms with Crippen molar-refractivity contribution in [3.05, 3.63) is 35.9 Å². The predicted octanol–water partition coefficient (Wildman–Crippen LogP) is 4.50. The Morgan fingerprint density at radius 1 is 1.14 bits per heavy atom. The lowest BCUT2D eigenvalue weighted by Gasteiger charge is -2.49. The first-order chi connectivity index (χ1) is 10.8. The van der Waals surface area contributed by atoms with Crippen LogP contribution < -0.4 is 5.48 Å². The molecular weight excluding hydrogens is 270 g/mol. The quantitative estimate of drug-likeness (QED) is 0.864. The zero-order valence-corrected chi connectivity index (χ0v) is 13.8. The third-order valence-electron chi connectivity index (χ3n) is 6.41. The summed E-state index contributed by atoms with van der Waals surface area (Å²) in [5.74, 6) is 2.58. The molecule has 120 valence electrons. The van der Waals surface area contributed by atoms with Gasteiger partial charge in [-0.1, -0.05) is 50.1 Å². The molecule has 4 aliphatic rings. The van der Waals surface area contributed by atoms with Crippen molar-refractivity contribution >= 4 is 0 Å². The first-order valence-corrected chi connectivity index (χ1v) is 9.25. The molecule has 5 rings (SSSR count). The van der Waals surface area contributed by atoms with E-state index >= 15 is 0 Å². The van der Waals surface area contributed by atoms with Crippen molar-refractivity contribution in [2.75, 3.05) is 0 Å². The lowest BCUT2D eigenvalue weighted by molar-refractivity contribution is -0.0553. The molecule has 0 amide bonds. The summed E-state index contributed by atoms with van der Waals surface area (Å²) in [7, 11) is 0. The molecule has 5 atom stereocenters. The topological polar surface area (TPSA) is 21.3 Å². The number of rotatable bonds is 5. The third kappa shape index (κ3) is 2.72. The fourth-order valence-electron chi connectivity index (χ4n) is 5.44. The molecule has 2 saturated heterocycles. The summed E-state index contributed by atoms with van der Waals surface area (Å²) in [5, 5.41) is 0. The van der Waals surface area contributed by atoms with Gasteiger partial charge in [-0.2, -0.15) is 5.48 Å². The van der Waals surface area contributed by atoms with Gasteiger partial charge >= 0.3 is 0 Å². The van der Waals surface area contributed by atoms with Crippen molar-refractivity contribution in [2.45, 2.75) is 69.9 Å². The van der Waals surface area contributed by atoms with Gasteiger partial charge in [-0.15, -0.1) is 0 Å². The summed E-state index contributed by atoms with van der Waals surface area (Å²) >= 11 is 0. The Bertz CT molecular complexity index is 484. The zero-order valence-electron chi connectivity index (χ0n) is 13.8. The second-order valence-electron chi connectivity index (χ2n) is 7.98. The highest BCUT2D eigenvalue weighted by Gasteiger charge is 2.52. The minimum absolute atomic E-state index is 0.282. The molecule has 2 aliphatic heterocycles. The lowest BCUT2D eigenvalue weighted by atomic mass is 9.57. The molecule has 2 heteroatoms. The van der Waals surface area contributed by atoms with Crippen LogP contribution in [0.1, 0.15) is 57.4 Å². The van der Waals surface area contributed by atoms with Crippen LogP contribution in [0.2, 0.25) is 0 Å². The normalized spacial score (nSPS) is 39.9. The van der Waals surface area contributed by atoms with E-state index in [2.05, 4.69) is 42.7 Å². The average molecular weight is 299 g/mol. The number of hydrogen-bond donors (Lipinski definition) is 1. The van der Waals surface area contributed by atoms with Gasteiger partial charge in [0.05, 0.1) is 6.10 Å². The van der Waals surface area contributed by atoms with E-state index in [4.69, 9.17) is 4.84 Å². The number of hydrogen-bond acceptors (Lipinski definition) is 2. The van der Waals surface area contributed by atoms with Crippen LogP contribution in [0.4, 0.5) is 0 Å². The van der Waals surface area contributed by atoms with Crippen LogP contribution >= 0.6 is 0 Å². The summed E-state index contributed by atoms with van der Waals surface area (Å²) in [6.45, 7) is 2.30. The third-order valence-corrected chi connectivity index (χ3v) is 6.41. The van der Waals surface area contributed by atoms with Crippen molar-refractivity contribution in [3.8, 4) is 0 Å². The van der Waals surface area contributed by atoms with Gasteiger partial charge < -0.3 is 0 Å². The van der Waals surface area contributed by atoms with E-state index < -0.39 is 0 Å². The van der Waals surface area contributed by atoms with Crippen LogP contribution in [0, 0.1) is 17.8 Å². The standard InChI is InChI=1S/C20H29NO/c1-2-3-9-20-13-16-11-18(22-21-20)12-17(14-20)19(16)10-15-7-5-4-6-8-15/h4-8,16-19,21H,2-3,9-14H2,1H3/t16-,17+,18?,19?,20?. The van der Waals surface area contributed by atoms with Gasteiger partial charge in [0.2, 0.25) is 0 Å². The summed E-state index contributed by atoms with van der Waals surface area (Å²) in [6.07, 6.45) is 10.8. The molecule has 0 aromatic heterocycles. The van der Waals surface area contributed by atoms with Gasteiger partial charge in [-0.05, 0) is 61.8 Å². The Hall–Kier alpha value is -0.860. The van der Waals surface area contributed by atoms with Crippen LogP contribution in [-0.4, -0.2) is 11.6 Å². The van der Waals surface area contributed by atoms with Crippen LogP contribution in [0.15, 0.2) is 30.3 Å². The SMILES string of the molecule is CCCCC12C[C@H]3CC(C[C@@H](C1)C3Cc1ccccc1)ON2. The number of unbranched alkanes of at least 4 members (excludes halogenated alkanes) is 1. The van der Waals surface area contributed by atoms with Gasteiger partial charge in [-0.25, -0.2) is 0 Å². The molecule has 4 fully saturated rings. The molecule has 2 heterocycles. The molecule has 3 unspecified atom stereocenters. The van der Waals surface area contributed by atoms with Crippen molar-refractivity contribution in [1.82, 2.24) is 5.48 Å². The maximum absolute atomic E-state index is 6.08. The minimum atomic E-state index is 0.282. The van der Waals surface area contributed by atoms with Gasteiger partial charge in [-0.3, -0.25) is 4.84 Å². The zero-order chi connectivity index (χ0) is 15.0. The van der Waals surface area contributed by atoms with E-state index in [1.807, 2.05) is 0 Å². The summed E-state index contributed by atoms with van der Waals surface area (Å²) in [5.41, 5.74) is 5.34. The van der Waals surface area contributed by atoms with Gasteiger partial charge in [0.15, 0.2) is 0 Å². The van der Waals surface area contributed by atoms with E-state index in [1.54, 1.807) is 0 Å². The van der Waals surface area contributed by atoms with E-state index in [0.29, 0.717) is 6.10 Å². The van der Waals surface area contributed by atoms with Crippen molar-refractivity contribution < 1.29 is 4.84 Å². The molecule has 4 bridgehead atoms. The molecule has 2 saturated carbocycles. The van der Waals surface area contributed by atoms with E-state index in [-0.39, 0.29) is 5.54 Å². The number of fused-ring (bicyclic) bond motifs is 1. The molecule has 0 radical (unpaired) electrons. The van der Waals surface area contributed by atoms with E-state index in [0.717, 1.165) is 17.8 Å². The number of hydroxylamine groups is 1. The number of nitrogens with one attached hydrogen (secondary N) is 1.